The minimum absolute atomic E-state index is 0.0137. The number of esters is 1. The van der Waals surface area contributed by atoms with Crippen LogP contribution in [0.1, 0.15) is 26.7 Å². The van der Waals surface area contributed by atoms with Crippen molar-refractivity contribution in [2.24, 2.45) is 0 Å². The molecule has 3 rings (SSSR count). The number of amides is 1. The van der Waals surface area contributed by atoms with Gasteiger partial charge >= 0.3 is 12.0 Å². The highest BCUT2D eigenvalue weighted by Crippen LogP contribution is 2.25. The number of nitrogens with one attached hydrogen (secondary N) is 1. The van der Waals surface area contributed by atoms with Crippen LogP contribution in [-0.2, 0) is 19.1 Å². The summed E-state index contributed by atoms with van der Waals surface area (Å²) in [6.07, 6.45) is 0.0373. The average molecular weight is 471 g/mol. The average Bonchev–Trinajstić information content (AvgIpc) is 3.25. The highest BCUT2D eigenvalue weighted by molar-refractivity contribution is 5.92. The first-order valence-electron chi connectivity index (χ1n) is 11.0. The van der Waals surface area contributed by atoms with Gasteiger partial charge in [-0.2, -0.15) is 4.98 Å². The lowest BCUT2D eigenvalue weighted by atomic mass is 10.2. The summed E-state index contributed by atoms with van der Waals surface area (Å²) in [7, 11) is 0. The highest BCUT2D eigenvalue weighted by atomic mass is 19.1. The maximum Gasteiger partial charge on any atom is 0.336 e. The molecule has 0 unspecified atom stereocenters. The van der Waals surface area contributed by atoms with Gasteiger partial charge in [-0.25, -0.2) is 9.07 Å². The largest absolute Gasteiger partial charge is 0.466 e. The van der Waals surface area contributed by atoms with E-state index in [1.54, 1.807) is 43.3 Å². The Hall–Kier alpha value is -3.79. The van der Waals surface area contributed by atoms with E-state index in [0.29, 0.717) is 36.0 Å². The second-order valence-electron chi connectivity index (χ2n) is 7.09. The van der Waals surface area contributed by atoms with Gasteiger partial charge in [0.1, 0.15) is 12.4 Å². The Labute approximate surface area is 196 Å². The quantitative estimate of drug-likeness (QED) is 0.317. The number of rotatable bonds is 12. The van der Waals surface area contributed by atoms with E-state index in [1.807, 2.05) is 6.92 Å². The number of carbonyl (C=O) groups is 2. The van der Waals surface area contributed by atoms with Crippen LogP contribution in [0, 0.1) is 5.82 Å². The van der Waals surface area contributed by atoms with Crippen molar-refractivity contribution in [2.45, 2.75) is 26.7 Å². The van der Waals surface area contributed by atoms with Gasteiger partial charge in [-0.3, -0.25) is 9.59 Å². The van der Waals surface area contributed by atoms with Crippen LogP contribution in [0.25, 0.3) is 17.1 Å². The third-order valence-electron chi connectivity index (χ3n) is 4.59. The van der Waals surface area contributed by atoms with E-state index in [9.17, 15) is 14.0 Å². The Balaban J connectivity index is 1.76. The Bertz CT molecular complexity index is 1100. The molecule has 1 heterocycles. The molecule has 0 spiro atoms. The molecule has 0 radical (unpaired) electrons. The van der Waals surface area contributed by atoms with Crippen molar-refractivity contribution < 1.29 is 28.2 Å². The number of aromatic nitrogens is 3. The van der Waals surface area contributed by atoms with Crippen molar-refractivity contribution >= 4 is 17.6 Å². The molecule has 34 heavy (non-hydrogen) atoms. The molecule has 0 atom stereocenters. The molecule has 0 bridgehead atoms. The van der Waals surface area contributed by atoms with Gasteiger partial charge < -0.3 is 19.5 Å². The molecule has 10 heteroatoms. The second kappa shape index (κ2) is 12.4. The molecule has 1 N–H and O–H groups in total. The minimum Gasteiger partial charge on any atom is -0.466 e. The van der Waals surface area contributed by atoms with Crippen LogP contribution in [0.2, 0.25) is 0 Å². The smallest absolute Gasteiger partial charge is 0.336 e. The molecule has 0 saturated carbocycles. The third-order valence-corrected chi connectivity index (χ3v) is 4.59. The molecule has 0 aliphatic rings. The Morgan fingerprint density at radius 3 is 2.53 bits per heavy atom. The minimum atomic E-state index is -0.414. The number of nitrogens with zero attached hydrogens (tertiary/aromatic N) is 3. The lowest BCUT2D eigenvalue weighted by molar-refractivity contribution is -0.144. The van der Waals surface area contributed by atoms with Crippen LogP contribution < -0.4 is 10.1 Å². The van der Waals surface area contributed by atoms with Crippen LogP contribution in [0.3, 0.4) is 0 Å². The molecule has 9 nitrogen and oxygen atoms in total. The zero-order valence-corrected chi connectivity index (χ0v) is 19.1. The van der Waals surface area contributed by atoms with Gasteiger partial charge in [-0.15, -0.1) is 5.10 Å². The number of ether oxygens (including phenoxy) is 3. The summed E-state index contributed by atoms with van der Waals surface area (Å²) in [4.78, 5) is 27.9. The first-order valence-corrected chi connectivity index (χ1v) is 11.0. The van der Waals surface area contributed by atoms with E-state index in [1.165, 1.54) is 16.8 Å². The van der Waals surface area contributed by atoms with Crippen molar-refractivity contribution in [1.29, 1.82) is 0 Å². The summed E-state index contributed by atoms with van der Waals surface area (Å²) in [5, 5.41) is 7.14. The van der Waals surface area contributed by atoms with Crippen molar-refractivity contribution in [3.63, 3.8) is 0 Å². The fraction of sp³-hybridized carbons (Fsp3) is 0.333. The van der Waals surface area contributed by atoms with E-state index in [4.69, 9.17) is 14.2 Å². The summed E-state index contributed by atoms with van der Waals surface area (Å²) in [6.45, 7) is 5.13. The van der Waals surface area contributed by atoms with Crippen LogP contribution in [0.15, 0.2) is 48.5 Å². The molecule has 0 saturated heterocycles. The number of halogens is 1. The van der Waals surface area contributed by atoms with Crippen molar-refractivity contribution in [1.82, 2.24) is 14.8 Å². The fourth-order valence-electron chi connectivity index (χ4n) is 3.04. The van der Waals surface area contributed by atoms with E-state index in [2.05, 4.69) is 15.4 Å². The molecule has 1 amide bonds. The monoisotopic (exact) mass is 470 g/mol. The van der Waals surface area contributed by atoms with Crippen LogP contribution in [0.5, 0.6) is 6.01 Å². The highest BCUT2D eigenvalue weighted by Gasteiger charge is 2.16. The second-order valence-corrected chi connectivity index (χ2v) is 7.09. The van der Waals surface area contributed by atoms with Gasteiger partial charge in [-0.05, 0) is 50.2 Å². The standard InChI is InChI=1S/C24H27FN4O5/c1-3-32-14-15-34-24-27-23(17-6-5-7-18(25)16-17)29(28-24)20-10-8-19(9-11-20)26-21(30)12-13-22(31)33-4-2/h5-11,16H,3-4,12-15H2,1-2H3,(H,26,30). The summed E-state index contributed by atoms with van der Waals surface area (Å²) in [6, 6.07) is 13.0. The predicted molar refractivity (Wildman–Crippen MR) is 123 cm³/mol. The summed E-state index contributed by atoms with van der Waals surface area (Å²) in [5.74, 6) is -0.709. The maximum absolute atomic E-state index is 13.8. The van der Waals surface area contributed by atoms with Crippen LogP contribution in [0.4, 0.5) is 10.1 Å². The van der Waals surface area contributed by atoms with E-state index in [0.717, 1.165) is 0 Å². The number of benzene rings is 2. The number of anilines is 1. The van der Waals surface area contributed by atoms with Crippen molar-refractivity contribution in [3.8, 4) is 23.1 Å². The van der Waals surface area contributed by atoms with Gasteiger partial charge in [-0.1, -0.05) is 12.1 Å². The number of hydrogen-bond acceptors (Lipinski definition) is 7. The molecular formula is C24H27FN4O5. The summed E-state index contributed by atoms with van der Waals surface area (Å²) < 4.78 is 31.1. The van der Waals surface area contributed by atoms with Crippen LogP contribution in [-0.4, -0.2) is 53.1 Å². The first kappa shape index (κ1) is 24.8. The molecule has 0 aliphatic carbocycles. The molecule has 0 aliphatic heterocycles. The summed E-state index contributed by atoms with van der Waals surface area (Å²) in [5.41, 5.74) is 1.72. The zero-order chi connectivity index (χ0) is 24.3. The normalized spacial score (nSPS) is 10.7. The predicted octanol–water partition coefficient (Wildman–Crippen LogP) is 3.77. The number of hydrogen-bond donors (Lipinski definition) is 1. The van der Waals surface area contributed by atoms with E-state index >= 15 is 0 Å². The zero-order valence-electron chi connectivity index (χ0n) is 19.1. The molecule has 180 valence electrons. The Kier molecular flexibility index (Phi) is 9.10. The van der Waals surface area contributed by atoms with Gasteiger partial charge in [0.2, 0.25) is 5.91 Å². The Morgan fingerprint density at radius 2 is 1.82 bits per heavy atom. The molecule has 3 aromatic rings. The van der Waals surface area contributed by atoms with Crippen LogP contribution >= 0.6 is 0 Å². The van der Waals surface area contributed by atoms with Gasteiger partial charge in [0.25, 0.3) is 0 Å². The topological polar surface area (TPSA) is 105 Å². The van der Waals surface area contributed by atoms with Crippen molar-refractivity contribution in [2.75, 3.05) is 31.7 Å². The lowest BCUT2D eigenvalue weighted by Crippen LogP contribution is -2.14. The third kappa shape index (κ3) is 7.11. The number of carbonyl (C=O) groups excluding carboxylic acids is 2. The van der Waals surface area contributed by atoms with E-state index < -0.39 is 11.8 Å². The van der Waals surface area contributed by atoms with Gasteiger partial charge in [0.15, 0.2) is 5.82 Å². The maximum atomic E-state index is 13.8. The molecule has 1 aromatic heterocycles. The molecular weight excluding hydrogens is 443 g/mol. The van der Waals surface area contributed by atoms with Gasteiger partial charge in [0.05, 0.1) is 25.3 Å². The Morgan fingerprint density at radius 1 is 1.03 bits per heavy atom. The molecule has 0 fully saturated rings. The van der Waals surface area contributed by atoms with E-state index in [-0.39, 0.29) is 38.0 Å². The summed E-state index contributed by atoms with van der Waals surface area (Å²) >= 11 is 0. The SMILES string of the molecule is CCOCCOc1nc(-c2cccc(F)c2)n(-c2ccc(NC(=O)CCC(=O)OCC)cc2)n1. The molecule has 2 aromatic carbocycles. The fourth-order valence-corrected chi connectivity index (χ4v) is 3.04. The lowest BCUT2D eigenvalue weighted by Gasteiger charge is -2.08. The van der Waals surface area contributed by atoms with Gasteiger partial charge in [0, 0.05) is 24.3 Å². The van der Waals surface area contributed by atoms with Crippen molar-refractivity contribution in [3.05, 3.63) is 54.3 Å². The first-order chi connectivity index (χ1) is 16.5.